The van der Waals surface area contributed by atoms with Gasteiger partial charge in [0.15, 0.2) is 0 Å². The normalized spacial score (nSPS) is 20.3. The Labute approximate surface area is 182 Å². The van der Waals surface area contributed by atoms with E-state index in [1.54, 1.807) is 6.07 Å². The summed E-state index contributed by atoms with van der Waals surface area (Å²) in [5.74, 6) is 2.48. The molecule has 2 aromatic rings. The zero-order valence-corrected chi connectivity index (χ0v) is 17.7. The summed E-state index contributed by atoms with van der Waals surface area (Å²) in [6, 6.07) is 9.07. The number of anilines is 4. The molecule has 0 unspecified atom stereocenters. The Kier molecular flexibility index (Phi) is 6.04. The Hall–Kier alpha value is -2.65. The lowest BCUT2D eigenvalue weighted by atomic mass is 10.2. The predicted octanol–water partition coefficient (Wildman–Crippen LogP) is 1.62. The van der Waals surface area contributed by atoms with E-state index in [0.29, 0.717) is 32.1 Å². The fraction of sp³-hybridized carbons (Fsp3) is 0.545. The van der Waals surface area contributed by atoms with Crippen LogP contribution < -0.4 is 19.6 Å². The number of piperazine rings is 1. The number of ether oxygens (including phenoxy) is 2. The topological polar surface area (TPSA) is 57.2 Å². The molecule has 0 atom stereocenters. The van der Waals surface area contributed by atoms with Crippen molar-refractivity contribution in [2.75, 3.05) is 98.4 Å². The molecule has 1 aromatic carbocycles. The van der Waals surface area contributed by atoms with Crippen molar-refractivity contribution in [2.24, 2.45) is 0 Å². The van der Waals surface area contributed by atoms with Gasteiger partial charge in [0.25, 0.3) is 0 Å². The van der Waals surface area contributed by atoms with Gasteiger partial charge in [-0.2, -0.15) is 9.97 Å². The summed E-state index contributed by atoms with van der Waals surface area (Å²) in [5.41, 5.74) is 0.666. The standard InChI is InChI=1S/C22H29FN6O2/c23-18-3-1-2-4-19(18)26-5-7-29(8-6-26)22-24-20(27-9-13-30-14-10-27)17-21(25-22)28-11-15-31-16-12-28/h1-4,17H,5-16H2. The first-order valence-electron chi connectivity index (χ1n) is 11.1. The van der Waals surface area contributed by atoms with Gasteiger partial charge in [0, 0.05) is 58.4 Å². The van der Waals surface area contributed by atoms with E-state index in [2.05, 4.69) is 25.7 Å². The van der Waals surface area contributed by atoms with Crippen LogP contribution in [0, 0.1) is 5.82 Å². The zero-order chi connectivity index (χ0) is 21.0. The van der Waals surface area contributed by atoms with E-state index in [-0.39, 0.29) is 5.82 Å². The van der Waals surface area contributed by atoms with Crippen LogP contribution in [0.15, 0.2) is 30.3 Å². The van der Waals surface area contributed by atoms with Crippen LogP contribution in [0.5, 0.6) is 0 Å². The number of nitrogens with zero attached hydrogens (tertiary/aromatic N) is 6. The summed E-state index contributed by atoms with van der Waals surface area (Å²) >= 11 is 0. The number of morpholine rings is 2. The molecule has 8 nitrogen and oxygen atoms in total. The van der Waals surface area contributed by atoms with Crippen molar-refractivity contribution >= 4 is 23.3 Å². The summed E-state index contributed by atoms with van der Waals surface area (Å²) < 4.78 is 25.2. The fourth-order valence-corrected chi connectivity index (χ4v) is 4.32. The first-order chi connectivity index (χ1) is 15.3. The van der Waals surface area contributed by atoms with Crippen LogP contribution >= 0.6 is 0 Å². The molecular formula is C22H29FN6O2. The van der Waals surface area contributed by atoms with E-state index >= 15 is 0 Å². The highest BCUT2D eigenvalue weighted by Crippen LogP contribution is 2.26. The molecule has 166 valence electrons. The maximum Gasteiger partial charge on any atom is 0.229 e. The van der Waals surface area contributed by atoms with Crippen LogP contribution in [0.4, 0.5) is 27.7 Å². The smallest absolute Gasteiger partial charge is 0.229 e. The number of aromatic nitrogens is 2. The molecule has 31 heavy (non-hydrogen) atoms. The second kappa shape index (κ2) is 9.23. The minimum Gasteiger partial charge on any atom is -0.378 e. The average molecular weight is 429 g/mol. The molecule has 3 aliphatic heterocycles. The van der Waals surface area contributed by atoms with Crippen molar-refractivity contribution in [3.05, 3.63) is 36.1 Å². The van der Waals surface area contributed by atoms with E-state index in [4.69, 9.17) is 19.4 Å². The lowest BCUT2D eigenvalue weighted by Gasteiger charge is -2.37. The molecule has 5 rings (SSSR count). The maximum absolute atomic E-state index is 14.2. The molecule has 1 aromatic heterocycles. The minimum absolute atomic E-state index is 0.170. The van der Waals surface area contributed by atoms with Gasteiger partial charge in [0.05, 0.1) is 32.1 Å². The van der Waals surface area contributed by atoms with Gasteiger partial charge in [-0.15, -0.1) is 0 Å². The summed E-state index contributed by atoms with van der Waals surface area (Å²) in [4.78, 5) is 18.7. The van der Waals surface area contributed by atoms with Gasteiger partial charge in [0.1, 0.15) is 17.5 Å². The van der Waals surface area contributed by atoms with Gasteiger partial charge < -0.3 is 29.1 Å². The fourth-order valence-electron chi connectivity index (χ4n) is 4.32. The van der Waals surface area contributed by atoms with Crippen LogP contribution in [-0.4, -0.2) is 88.8 Å². The second-order valence-electron chi connectivity index (χ2n) is 8.01. The highest BCUT2D eigenvalue weighted by molar-refractivity contribution is 5.57. The van der Waals surface area contributed by atoms with Gasteiger partial charge in [-0.05, 0) is 12.1 Å². The number of hydrogen-bond acceptors (Lipinski definition) is 8. The number of para-hydroxylation sites is 1. The molecule has 3 fully saturated rings. The number of hydrogen-bond donors (Lipinski definition) is 0. The quantitative estimate of drug-likeness (QED) is 0.728. The lowest BCUT2D eigenvalue weighted by Crippen LogP contribution is -2.48. The Morgan fingerprint density at radius 2 is 1.16 bits per heavy atom. The third kappa shape index (κ3) is 4.52. The van der Waals surface area contributed by atoms with E-state index in [1.165, 1.54) is 6.07 Å². The van der Waals surface area contributed by atoms with Crippen molar-refractivity contribution in [1.82, 2.24) is 9.97 Å². The molecule has 0 saturated carbocycles. The monoisotopic (exact) mass is 428 g/mol. The Morgan fingerprint density at radius 1 is 0.645 bits per heavy atom. The van der Waals surface area contributed by atoms with Crippen LogP contribution in [0.3, 0.4) is 0 Å². The van der Waals surface area contributed by atoms with E-state index in [9.17, 15) is 4.39 Å². The highest BCUT2D eigenvalue weighted by atomic mass is 19.1. The average Bonchev–Trinajstić information content (AvgIpc) is 2.85. The van der Waals surface area contributed by atoms with Gasteiger partial charge in [-0.1, -0.05) is 12.1 Å². The molecule has 0 radical (unpaired) electrons. The second-order valence-corrected chi connectivity index (χ2v) is 8.01. The maximum atomic E-state index is 14.2. The number of benzene rings is 1. The van der Waals surface area contributed by atoms with Gasteiger partial charge in [-0.25, -0.2) is 4.39 Å². The molecule has 0 amide bonds. The molecule has 0 aliphatic carbocycles. The SMILES string of the molecule is Fc1ccccc1N1CCN(c2nc(N3CCOCC3)cc(N3CCOCC3)n2)CC1. The minimum atomic E-state index is -0.170. The lowest BCUT2D eigenvalue weighted by molar-refractivity contribution is 0.122. The molecule has 3 aliphatic rings. The zero-order valence-electron chi connectivity index (χ0n) is 17.7. The van der Waals surface area contributed by atoms with Crippen LogP contribution in [0.2, 0.25) is 0 Å². The van der Waals surface area contributed by atoms with Crippen LogP contribution in [0.25, 0.3) is 0 Å². The van der Waals surface area contributed by atoms with Gasteiger partial charge >= 0.3 is 0 Å². The van der Waals surface area contributed by atoms with Crippen molar-refractivity contribution in [2.45, 2.75) is 0 Å². The van der Waals surface area contributed by atoms with Crippen LogP contribution in [-0.2, 0) is 9.47 Å². The van der Waals surface area contributed by atoms with E-state index < -0.39 is 0 Å². The first kappa shape index (κ1) is 20.3. The molecule has 0 bridgehead atoms. The Balaban J connectivity index is 1.37. The third-order valence-electron chi connectivity index (χ3n) is 6.11. The van der Waals surface area contributed by atoms with E-state index in [1.807, 2.05) is 12.1 Å². The van der Waals surface area contributed by atoms with Crippen LogP contribution in [0.1, 0.15) is 0 Å². The van der Waals surface area contributed by atoms with Crippen molar-refractivity contribution < 1.29 is 13.9 Å². The summed E-state index contributed by atoms with van der Waals surface area (Å²) in [6.45, 7) is 9.17. The molecule has 0 spiro atoms. The molecule has 9 heteroatoms. The molecule has 3 saturated heterocycles. The van der Waals surface area contributed by atoms with E-state index in [0.717, 1.165) is 69.9 Å². The van der Waals surface area contributed by atoms with Gasteiger partial charge in [-0.3, -0.25) is 0 Å². The summed E-state index contributed by atoms with van der Waals surface area (Å²) in [7, 11) is 0. The third-order valence-corrected chi connectivity index (χ3v) is 6.11. The Morgan fingerprint density at radius 3 is 1.71 bits per heavy atom. The molecular weight excluding hydrogens is 399 g/mol. The molecule has 0 N–H and O–H groups in total. The van der Waals surface area contributed by atoms with Crippen molar-refractivity contribution in [3.63, 3.8) is 0 Å². The number of halogens is 1. The van der Waals surface area contributed by atoms with Crippen molar-refractivity contribution in [1.29, 1.82) is 0 Å². The highest BCUT2D eigenvalue weighted by Gasteiger charge is 2.24. The first-order valence-corrected chi connectivity index (χ1v) is 11.1. The Bertz CT molecular complexity index is 844. The predicted molar refractivity (Wildman–Crippen MR) is 119 cm³/mol. The summed E-state index contributed by atoms with van der Waals surface area (Å²) in [6.07, 6.45) is 0. The largest absolute Gasteiger partial charge is 0.378 e. The van der Waals surface area contributed by atoms with Gasteiger partial charge in [0.2, 0.25) is 5.95 Å². The molecule has 4 heterocycles. The van der Waals surface area contributed by atoms with Crippen molar-refractivity contribution in [3.8, 4) is 0 Å². The summed E-state index contributed by atoms with van der Waals surface area (Å²) in [5, 5.41) is 0. The number of rotatable bonds is 4.